The summed E-state index contributed by atoms with van der Waals surface area (Å²) in [5.74, 6) is 0. The fraction of sp³-hybridized carbons (Fsp3) is 1.00. The second-order valence-electron chi connectivity index (χ2n) is 5.99. The minimum absolute atomic E-state index is 0.258. The van der Waals surface area contributed by atoms with Gasteiger partial charge in [0.05, 0.1) is 0 Å². The molecule has 1 rings (SSSR count). The Balaban J connectivity index is 2.74. The van der Waals surface area contributed by atoms with Crippen LogP contribution in [0.25, 0.3) is 0 Å². The summed E-state index contributed by atoms with van der Waals surface area (Å²) in [6, 6.07) is 0.667. The molecule has 1 aliphatic rings. The molecule has 0 aliphatic carbocycles. The minimum Gasteiger partial charge on any atom is -0.329 e. The summed E-state index contributed by atoms with van der Waals surface area (Å²) >= 11 is 0. The molecule has 0 aromatic heterocycles. The number of rotatable bonds is 6. The first-order valence-electron chi connectivity index (χ1n) is 7.78. The molecule has 0 aromatic carbocycles. The first-order valence-corrected chi connectivity index (χ1v) is 7.78. The Morgan fingerprint density at radius 3 is 2.44 bits per heavy atom. The van der Waals surface area contributed by atoms with Crippen molar-refractivity contribution in [3.8, 4) is 0 Å². The van der Waals surface area contributed by atoms with Gasteiger partial charge in [0.15, 0.2) is 0 Å². The second kappa shape index (κ2) is 7.46. The molecule has 0 bridgehead atoms. The summed E-state index contributed by atoms with van der Waals surface area (Å²) in [5, 5.41) is 0. The first-order chi connectivity index (χ1) is 8.59. The van der Waals surface area contributed by atoms with Crippen LogP contribution in [0.5, 0.6) is 0 Å². The topological polar surface area (TPSA) is 32.5 Å². The zero-order chi connectivity index (χ0) is 13.6. The molecule has 1 unspecified atom stereocenters. The second-order valence-corrected chi connectivity index (χ2v) is 5.99. The van der Waals surface area contributed by atoms with Crippen molar-refractivity contribution in [2.75, 3.05) is 32.7 Å². The van der Waals surface area contributed by atoms with Crippen LogP contribution < -0.4 is 5.73 Å². The summed E-state index contributed by atoms with van der Waals surface area (Å²) in [4.78, 5) is 5.24. The number of hydrogen-bond acceptors (Lipinski definition) is 3. The lowest BCUT2D eigenvalue weighted by atomic mass is 9.88. The molecule has 0 aromatic rings. The predicted molar refractivity (Wildman–Crippen MR) is 79.9 cm³/mol. The van der Waals surface area contributed by atoms with Crippen LogP contribution in [-0.4, -0.2) is 54.1 Å². The Labute approximate surface area is 114 Å². The zero-order valence-electron chi connectivity index (χ0n) is 12.9. The van der Waals surface area contributed by atoms with Crippen molar-refractivity contribution in [2.24, 2.45) is 5.73 Å². The average Bonchev–Trinajstić information content (AvgIpc) is 2.59. The van der Waals surface area contributed by atoms with Crippen molar-refractivity contribution in [2.45, 2.75) is 65.0 Å². The van der Waals surface area contributed by atoms with Gasteiger partial charge in [-0.25, -0.2) is 0 Å². The van der Waals surface area contributed by atoms with E-state index in [0.717, 1.165) is 13.1 Å². The molecule has 18 heavy (non-hydrogen) atoms. The number of nitrogens with zero attached hydrogens (tertiary/aromatic N) is 2. The quantitative estimate of drug-likeness (QED) is 0.790. The maximum absolute atomic E-state index is 6.18. The molecule has 0 saturated carbocycles. The monoisotopic (exact) mass is 255 g/mol. The normalized spacial score (nSPS) is 26.8. The van der Waals surface area contributed by atoms with Gasteiger partial charge in [-0.3, -0.25) is 4.90 Å². The fourth-order valence-corrected chi connectivity index (χ4v) is 3.37. The molecule has 108 valence electrons. The summed E-state index contributed by atoms with van der Waals surface area (Å²) < 4.78 is 0. The SMILES string of the molecule is CCCN(CC)C1(CN)CCCN(C(C)C)CC1. The van der Waals surface area contributed by atoms with E-state index in [4.69, 9.17) is 5.73 Å². The number of nitrogens with two attached hydrogens (primary N) is 1. The summed E-state index contributed by atoms with van der Waals surface area (Å²) in [6.07, 6.45) is 5.01. The van der Waals surface area contributed by atoms with Gasteiger partial charge >= 0.3 is 0 Å². The molecular weight excluding hydrogens is 222 g/mol. The van der Waals surface area contributed by atoms with E-state index in [0.29, 0.717) is 6.04 Å². The molecule has 1 fully saturated rings. The lowest BCUT2D eigenvalue weighted by molar-refractivity contribution is 0.0820. The molecule has 2 N–H and O–H groups in total. The van der Waals surface area contributed by atoms with E-state index in [1.807, 2.05) is 0 Å². The van der Waals surface area contributed by atoms with Gasteiger partial charge < -0.3 is 10.6 Å². The van der Waals surface area contributed by atoms with Crippen LogP contribution in [-0.2, 0) is 0 Å². The molecule has 1 atom stereocenters. The summed E-state index contributed by atoms with van der Waals surface area (Å²) in [7, 11) is 0. The Bertz CT molecular complexity index is 230. The molecule has 3 heteroatoms. The third-order valence-corrected chi connectivity index (χ3v) is 4.61. The van der Waals surface area contributed by atoms with Crippen molar-refractivity contribution in [3.63, 3.8) is 0 Å². The van der Waals surface area contributed by atoms with Gasteiger partial charge in [0, 0.05) is 24.7 Å². The smallest absolute Gasteiger partial charge is 0.0344 e. The highest BCUT2D eigenvalue weighted by atomic mass is 15.2. The first kappa shape index (κ1) is 15.9. The van der Waals surface area contributed by atoms with Crippen molar-refractivity contribution < 1.29 is 0 Å². The third kappa shape index (κ3) is 3.69. The molecule has 0 radical (unpaired) electrons. The van der Waals surface area contributed by atoms with Gasteiger partial charge in [-0.2, -0.15) is 0 Å². The molecule has 3 nitrogen and oxygen atoms in total. The molecule has 1 saturated heterocycles. The van der Waals surface area contributed by atoms with E-state index in [1.54, 1.807) is 0 Å². The lowest BCUT2D eigenvalue weighted by Crippen LogP contribution is -2.54. The Kier molecular flexibility index (Phi) is 6.61. The van der Waals surface area contributed by atoms with Crippen molar-refractivity contribution in [1.82, 2.24) is 9.80 Å². The largest absolute Gasteiger partial charge is 0.329 e. The summed E-state index contributed by atoms with van der Waals surface area (Å²) in [6.45, 7) is 14.7. The van der Waals surface area contributed by atoms with Crippen LogP contribution in [0, 0.1) is 0 Å². The maximum atomic E-state index is 6.18. The van der Waals surface area contributed by atoms with E-state index >= 15 is 0 Å². The highest BCUT2D eigenvalue weighted by Crippen LogP contribution is 2.29. The number of hydrogen-bond donors (Lipinski definition) is 1. The molecule has 1 heterocycles. The third-order valence-electron chi connectivity index (χ3n) is 4.61. The van der Waals surface area contributed by atoms with Crippen LogP contribution in [0.3, 0.4) is 0 Å². The van der Waals surface area contributed by atoms with E-state index in [-0.39, 0.29) is 5.54 Å². The predicted octanol–water partition coefficient (Wildman–Crippen LogP) is 2.31. The Morgan fingerprint density at radius 1 is 1.22 bits per heavy atom. The highest BCUT2D eigenvalue weighted by molar-refractivity contribution is 4.94. The van der Waals surface area contributed by atoms with E-state index in [9.17, 15) is 0 Å². The van der Waals surface area contributed by atoms with Crippen molar-refractivity contribution in [1.29, 1.82) is 0 Å². The zero-order valence-corrected chi connectivity index (χ0v) is 12.9. The Morgan fingerprint density at radius 2 is 1.94 bits per heavy atom. The lowest BCUT2D eigenvalue weighted by Gasteiger charge is -2.43. The highest BCUT2D eigenvalue weighted by Gasteiger charge is 2.36. The van der Waals surface area contributed by atoms with Crippen LogP contribution >= 0.6 is 0 Å². The minimum atomic E-state index is 0.258. The van der Waals surface area contributed by atoms with E-state index in [1.165, 1.54) is 45.3 Å². The summed E-state index contributed by atoms with van der Waals surface area (Å²) in [5.41, 5.74) is 6.43. The molecule has 0 spiro atoms. The van der Waals surface area contributed by atoms with E-state index < -0.39 is 0 Å². The van der Waals surface area contributed by atoms with Gasteiger partial charge in [0.25, 0.3) is 0 Å². The van der Waals surface area contributed by atoms with E-state index in [2.05, 4.69) is 37.5 Å². The van der Waals surface area contributed by atoms with Crippen LogP contribution in [0.2, 0.25) is 0 Å². The van der Waals surface area contributed by atoms with Crippen molar-refractivity contribution >= 4 is 0 Å². The van der Waals surface area contributed by atoms with Crippen LogP contribution in [0.15, 0.2) is 0 Å². The van der Waals surface area contributed by atoms with Gasteiger partial charge in [0.1, 0.15) is 0 Å². The van der Waals surface area contributed by atoms with Crippen LogP contribution in [0.4, 0.5) is 0 Å². The number of likely N-dealkylation sites (N-methyl/N-ethyl adjacent to an activating group) is 1. The van der Waals surface area contributed by atoms with Gasteiger partial charge in [-0.05, 0) is 59.2 Å². The van der Waals surface area contributed by atoms with Crippen molar-refractivity contribution in [3.05, 3.63) is 0 Å². The van der Waals surface area contributed by atoms with Gasteiger partial charge in [0.2, 0.25) is 0 Å². The maximum Gasteiger partial charge on any atom is 0.0344 e. The van der Waals surface area contributed by atoms with Gasteiger partial charge in [-0.15, -0.1) is 0 Å². The molecule has 0 amide bonds. The molecule has 1 aliphatic heterocycles. The fourth-order valence-electron chi connectivity index (χ4n) is 3.37. The number of likely N-dealkylation sites (tertiary alicyclic amines) is 1. The standard InChI is InChI=1S/C15H33N3/c1-5-10-18(6-2)15(13-16)8-7-11-17(12-9-15)14(3)4/h14H,5-13,16H2,1-4H3. The Hall–Kier alpha value is -0.120. The average molecular weight is 255 g/mol. The molecular formula is C15H33N3. The van der Waals surface area contributed by atoms with Crippen LogP contribution in [0.1, 0.15) is 53.4 Å². The van der Waals surface area contributed by atoms with Gasteiger partial charge in [-0.1, -0.05) is 13.8 Å².